The molecule has 0 fully saturated rings. The Morgan fingerprint density at radius 1 is 1.09 bits per heavy atom. The maximum absolute atomic E-state index is 13.6. The van der Waals surface area contributed by atoms with Gasteiger partial charge in [-0.2, -0.15) is 0 Å². The van der Waals surface area contributed by atoms with Gasteiger partial charge in [-0.05, 0) is 43.2 Å². The first kappa shape index (κ1) is 19.7. The Morgan fingerprint density at radius 2 is 1.88 bits per heavy atom. The first-order valence-electron chi connectivity index (χ1n) is 11.2. The number of amides is 2. The van der Waals surface area contributed by atoms with Gasteiger partial charge in [-0.25, -0.2) is 0 Å². The van der Waals surface area contributed by atoms with Crippen LogP contribution >= 0.6 is 0 Å². The van der Waals surface area contributed by atoms with Gasteiger partial charge in [-0.15, -0.1) is 0 Å². The summed E-state index contributed by atoms with van der Waals surface area (Å²) in [6, 6.07) is 16.5. The number of aromatic nitrogens is 2. The molecule has 6 heteroatoms. The van der Waals surface area contributed by atoms with Crippen molar-refractivity contribution in [2.24, 2.45) is 0 Å². The van der Waals surface area contributed by atoms with E-state index in [1.807, 2.05) is 36.4 Å². The number of nitrogens with zero attached hydrogens (tertiary/aromatic N) is 3. The standard InChI is InChI=1S/C27H24N4O2/c1-15(2)30-13-19-23(18-9-4-7-17-8-6-12-28-26(17)18)25-21(14-31(16(3)32)27(25)33)29-20-10-5-11-22(30)24(19)20/h4-13,15,23,29H,14H2,1-3H3/t23-/m1/s1. The molecule has 4 aromatic rings. The van der Waals surface area contributed by atoms with Crippen molar-refractivity contribution in [2.75, 3.05) is 11.9 Å². The average Bonchev–Trinajstić information content (AvgIpc) is 3.30. The second-order valence-corrected chi connectivity index (χ2v) is 9.07. The molecule has 0 bridgehead atoms. The smallest absolute Gasteiger partial charge is 0.259 e. The number of anilines is 1. The zero-order chi connectivity index (χ0) is 22.9. The van der Waals surface area contributed by atoms with E-state index in [2.05, 4.69) is 42.1 Å². The number of hydrogen-bond donors (Lipinski definition) is 1. The third kappa shape index (κ3) is 2.76. The number of carbonyl (C=O) groups excluding carboxylic acids is 2. The molecule has 6 rings (SSSR count). The Kier molecular flexibility index (Phi) is 4.21. The zero-order valence-electron chi connectivity index (χ0n) is 18.8. The fraction of sp³-hybridized carbons (Fsp3) is 0.222. The molecule has 2 amide bonds. The van der Waals surface area contributed by atoms with Crippen molar-refractivity contribution in [1.29, 1.82) is 0 Å². The highest BCUT2D eigenvalue weighted by molar-refractivity contribution is 6.11. The molecule has 0 aliphatic carbocycles. The molecule has 1 atom stereocenters. The number of fused-ring (bicyclic) bond motifs is 1. The molecular formula is C27H24N4O2. The molecule has 2 aromatic carbocycles. The molecule has 4 heterocycles. The maximum atomic E-state index is 13.6. The van der Waals surface area contributed by atoms with Gasteiger partial charge in [0.1, 0.15) is 0 Å². The van der Waals surface area contributed by atoms with Gasteiger partial charge in [-0.1, -0.05) is 30.3 Å². The van der Waals surface area contributed by atoms with Crippen molar-refractivity contribution in [3.8, 4) is 0 Å². The summed E-state index contributed by atoms with van der Waals surface area (Å²) >= 11 is 0. The van der Waals surface area contributed by atoms with E-state index in [1.54, 1.807) is 6.20 Å². The van der Waals surface area contributed by atoms with Gasteiger partial charge in [0.05, 0.1) is 23.2 Å². The highest BCUT2D eigenvalue weighted by atomic mass is 16.2. The SMILES string of the molecule is CC(=O)N1CC2=C(C1=O)[C@H](c1cccc3cccnc13)c1cn(C(C)C)c3cccc(c13)N2. The van der Waals surface area contributed by atoms with Crippen LogP contribution in [0.1, 0.15) is 43.9 Å². The largest absolute Gasteiger partial charge is 0.356 e. The van der Waals surface area contributed by atoms with Crippen molar-refractivity contribution in [2.45, 2.75) is 32.7 Å². The van der Waals surface area contributed by atoms with Crippen LogP contribution in [0.4, 0.5) is 5.69 Å². The Morgan fingerprint density at radius 3 is 2.67 bits per heavy atom. The molecule has 6 nitrogen and oxygen atoms in total. The molecule has 0 unspecified atom stereocenters. The number of nitrogens with one attached hydrogen (secondary N) is 1. The predicted octanol–water partition coefficient (Wildman–Crippen LogP) is 4.97. The van der Waals surface area contributed by atoms with Crippen molar-refractivity contribution < 1.29 is 9.59 Å². The van der Waals surface area contributed by atoms with Crippen LogP contribution < -0.4 is 5.32 Å². The molecule has 0 saturated carbocycles. The number of imide groups is 1. The minimum atomic E-state index is -0.339. The summed E-state index contributed by atoms with van der Waals surface area (Å²) in [6.07, 6.45) is 3.96. The predicted molar refractivity (Wildman–Crippen MR) is 129 cm³/mol. The number of rotatable bonds is 2. The molecular weight excluding hydrogens is 412 g/mol. The summed E-state index contributed by atoms with van der Waals surface area (Å²) in [5.74, 6) is -0.821. The van der Waals surface area contributed by atoms with E-state index < -0.39 is 0 Å². The van der Waals surface area contributed by atoms with Crippen LogP contribution in [0.15, 0.2) is 72.2 Å². The summed E-state index contributed by atoms with van der Waals surface area (Å²) in [5.41, 5.74) is 6.40. The molecule has 2 aliphatic heterocycles. The highest BCUT2D eigenvalue weighted by Gasteiger charge is 2.42. The van der Waals surface area contributed by atoms with E-state index >= 15 is 0 Å². The lowest BCUT2D eigenvalue weighted by Crippen LogP contribution is -2.33. The molecule has 0 saturated heterocycles. The lowest BCUT2D eigenvalue weighted by atomic mass is 9.83. The second-order valence-electron chi connectivity index (χ2n) is 9.07. The Hall–Kier alpha value is -3.93. The van der Waals surface area contributed by atoms with Crippen molar-refractivity contribution in [3.05, 3.63) is 83.3 Å². The lowest BCUT2D eigenvalue weighted by molar-refractivity contribution is -0.139. The molecule has 2 aliphatic rings. The molecule has 1 N–H and O–H groups in total. The number of carbonyl (C=O) groups is 2. The molecule has 0 radical (unpaired) electrons. The molecule has 0 spiro atoms. The van der Waals surface area contributed by atoms with Gasteiger partial charge >= 0.3 is 0 Å². The van der Waals surface area contributed by atoms with E-state index in [1.165, 1.54) is 11.8 Å². The summed E-state index contributed by atoms with van der Waals surface area (Å²) < 4.78 is 2.26. The second kappa shape index (κ2) is 7.04. The Bertz CT molecular complexity index is 1510. The van der Waals surface area contributed by atoms with Gasteiger partial charge in [-0.3, -0.25) is 19.5 Å². The lowest BCUT2D eigenvalue weighted by Gasteiger charge is -2.20. The monoisotopic (exact) mass is 436 g/mol. The highest BCUT2D eigenvalue weighted by Crippen LogP contribution is 2.48. The van der Waals surface area contributed by atoms with E-state index in [4.69, 9.17) is 4.98 Å². The molecule has 2 aromatic heterocycles. The Balaban J connectivity index is 1.72. The minimum Gasteiger partial charge on any atom is -0.356 e. The van der Waals surface area contributed by atoms with Crippen LogP contribution in [0.3, 0.4) is 0 Å². The first-order chi connectivity index (χ1) is 16.0. The average molecular weight is 437 g/mol. The number of para-hydroxylation sites is 1. The van der Waals surface area contributed by atoms with Crippen LogP contribution in [0, 0.1) is 0 Å². The van der Waals surface area contributed by atoms with Crippen LogP contribution in [0.2, 0.25) is 0 Å². The van der Waals surface area contributed by atoms with E-state index in [0.717, 1.165) is 44.3 Å². The van der Waals surface area contributed by atoms with Gasteiger partial charge in [0.25, 0.3) is 5.91 Å². The Labute approximate surface area is 191 Å². The molecule has 33 heavy (non-hydrogen) atoms. The van der Waals surface area contributed by atoms with Crippen molar-refractivity contribution >= 4 is 39.3 Å². The quantitative estimate of drug-likeness (QED) is 0.482. The number of hydrogen-bond acceptors (Lipinski definition) is 4. The van der Waals surface area contributed by atoms with Gasteiger partial charge < -0.3 is 9.88 Å². The third-order valence-corrected chi connectivity index (χ3v) is 6.80. The third-order valence-electron chi connectivity index (χ3n) is 6.80. The minimum absolute atomic E-state index is 0.235. The van der Waals surface area contributed by atoms with Gasteiger partial charge in [0, 0.05) is 53.4 Å². The van der Waals surface area contributed by atoms with E-state index in [0.29, 0.717) is 5.57 Å². The number of benzene rings is 2. The van der Waals surface area contributed by atoms with Gasteiger partial charge in [0.2, 0.25) is 5.91 Å². The van der Waals surface area contributed by atoms with E-state index in [-0.39, 0.29) is 30.3 Å². The summed E-state index contributed by atoms with van der Waals surface area (Å²) in [6.45, 7) is 6.02. The van der Waals surface area contributed by atoms with Crippen LogP contribution in [-0.4, -0.2) is 32.8 Å². The summed E-state index contributed by atoms with van der Waals surface area (Å²) in [5, 5.41) is 5.67. The zero-order valence-corrected chi connectivity index (χ0v) is 18.8. The van der Waals surface area contributed by atoms with Crippen molar-refractivity contribution in [1.82, 2.24) is 14.5 Å². The fourth-order valence-corrected chi connectivity index (χ4v) is 5.34. The summed E-state index contributed by atoms with van der Waals surface area (Å²) in [7, 11) is 0. The maximum Gasteiger partial charge on any atom is 0.259 e. The molecule has 164 valence electrons. The van der Waals surface area contributed by atoms with Crippen LogP contribution in [-0.2, 0) is 9.59 Å². The summed E-state index contributed by atoms with van der Waals surface area (Å²) in [4.78, 5) is 32.0. The van der Waals surface area contributed by atoms with Crippen LogP contribution in [0.5, 0.6) is 0 Å². The first-order valence-corrected chi connectivity index (χ1v) is 11.2. The van der Waals surface area contributed by atoms with Gasteiger partial charge in [0.15, 0.2) is 0 Å². The topological polar surface area (TPSA) is 67.2 Å². The fourth-order valence-electron chi connectivity index (χ4n) is 5.34. The van der Waals surface area contributed by atoms with Crippen LogP contribution in [0.25, 0.3) is 21.8 Å². The number of pyridine rings is 1. The van der Waals surface area contributed by atoms with E-state index in [9.17, 15) is 9.59 Å². The van der Waals surface area contributed by atoms with Crippen molar-refractivity contribution in [3.63, 3.8) is 0 Å². The normalized spacial score (nSPS) is 17.6.